The van der Waals surface area contributed by atoms with Crippen LogP contribution in [-0.4, -0.2) is 63.7 Å². The van der Waals surface area contributed by atoms with Crippen LogP contribution in [0.3, 0.4) is 0 Å². The largest absolute Gasteiger partial charge is 0.394 e. The molecule has 0 spiro atoms. The number of aliphatic hydroxyl groups is 4. The summed E-state index contributed by atoms with van der Waals surface area (Å²) in [6, 6.07) is 7.03. The Morgan fingerprint density at radius 3 is 2.52 bits per heavy atom. The van der Waals surface area contributed by atoms with E-state index in [4.69, 9.17) is 14.7 Å². The number of carbonyl (C=O) groups excluding carboxylic acids is 1. The van der Waals surface area contributed by atoms with E-state index in [0.29, 0.717) is 0 Å². The molecule has 0 radical (unpaired) electrons. The summed E-state index contributed by atoms with van der Waals surface area (Å²) in [5, 5.41) is 40.5. The fraction of sp³-hybridized carbons (Fsp3) is 0.500. The second-order valence-electron chi connectivity index (χ2n) is 5.10. The molecule has 23 heavy (non-hydrogen) atoms. The van der Waals surface area contributed by atoms with Crippen LogP contribution < -0.4 is 10.8 Å². The Balaban J connectivity index is 1.80. The molecule has 1 aliphatic rings. The van der Waals surface area contributed by atoms with Gasteiger partial charge in [-0.3, -0.25) is 4.84 Å². The molecule has 1 fully saturated rings. The maximum atomic E-state index is 11.7. The molecular weight excluding hydrogens is 308 g/mol. The summed E-state index contributed by atoms with van der Waals surface area (Å²) in [7, 11) is 0. The molecule has 128 valence electrons. The number of hydrogen-bond acceptors (Lipinski definition) is 7. The topological polar surface area (TPSA) is 141 Å². The van der Waals surface area contributed by atoms with E-state index in [1.165, 1.54) is 0 Å². The van der Waals surface area contributed by atoms with Crippen molar-refractivity contribution in [2.75, 3.05) is 6.61 Å². The molecule has 2 amide bonds. The minimum atomic E-state index is -1.58. The molecule has 0 bridgehead atoms. The molecule has 2 rings (SSSR count). The van der Waals surface area contributed by atoms with Gasteiger partial charge in [-0.2, -0.15) is 0 Å². The molecule has 6 N–H and O–H groups in total. The highest BCUT2D eigenvalue weighted by Gasteiger charge is 2.44. The van der Waals surface area contributed by atoms with Gasteiger partial charge in [-0.05, 0) is 5.56 Å². The second kappa shape index (κ2) is 8.20. The van der Waals surface area contributed by atoms with Gasteiger partial charge in [0.05, 0.1) is 13.2 Å². The average molecular weight is 328 g/mol. The van der Waals surface area contributed by atoms with Crippen molar-refractivity contribution in [1.29, 1.82) is 0 Å². The lowest BCUT2D eigenvalue weighted by Crippen LogP contribution is -2.65. The first kappa shape index (κ1) is 17.6. The first-order valence-electron chi connectivity index (χ1n) is 7.05. The quantitative estimate of drug-likeness (QED) is 0.351. The van der Waals surface area contributed by atoms with E-state index in [2.05, 4.69) is 10.8 Å². The van der Waals surface area contributed by atoms with E-state index in [1.54, 1.807) is 0 Å². The van der Waals surface area contributed by atoms with Crippen molar-refractivity contribution in [3.63, 3.8) is 0 Å². The zero-order chi connectivity index (χ0) is 16.8. The van der Waals surface area contributed by atoms with Gasteiger partial charge < -0.3 is 30.5 Å². The van der Waals surface area contributed by atoms with Gasteiger partial charge in [-0.15, -0.1) is 0 Å². The van der Waals surface area contributed by atoms with Gasteiger partial charge in [-0.25, -0.2) is 10.3 Å². The predicted molar refractivity (Wildman–Crippen MR) is 76.7 cm³/mol. The lowest BCUT2D eigenvalue weighted by Gasteiger charge is -2.40. The lowest BCUT2D eigenvalue weighted by atomic mass is 9.97. The summed E-state index contributed by atoms with van der Waals surface area (Å²) in [5.41, 5.74) is 2.94. The molecule has 9 heteroatoms. The molecule has 1 aliphatic heterocycles. The maximum absolute atomic E-state index is 11.7. The highest BCUT2D eigenvalue weighted by molar-refractivity contribution is 5.73. The van der Waals surface area contributed by atoms with Crippen molar-refractivity contribution in [2.24, 2.45) is 0 Å². The molecular formula is C14H20N2O7. The minimum Gasteiger partial charge on any atom is -0.394 e. The van der Waals surface area contributed by atoms with Gasteiger partial charge in [0.15, 0.2) is 6.29 Å². The maximum Gasteiger partial charge on any atom is 0.339 e. The summed E-state index contributed by atoms with van der Waals surface area (Å²) >= 11 is 0. The summed E-state index contributed by atoms with van der Waals surface area (Å²) in [6.45, 7) is -0.440. The number of urea groups is 1. The number of benzene rings is 1. The van der Waals surface area contributed by atoms with Crippen molar-refractivity contribution >= 4 is 6.03 Å². The van der Waals surface area contributed by atoms with Crippen molar-refractivity contribution < 1.29 is 34.8 Å². The third-order valence-electron chi connectivity index (χ3n) is 3.44. The van der Waals surface area contributed by atoms with E-state index < -0.39 is 43.3 Å². The number of hydroxylamine groups is 1. The van der Waals surface area contributed by atoms with Crippen LogP contribution in [-0.2, 0) is 16.2 Å². The summed E-state index contributed by atoms with van der Waals surface area (Å²) in [6.07, 6.45) is -5.66. The number of aliphatic hydroxyl groups excluding tert-OH is 4. The number of amides is 2. The van der Waals surface area contributed by atoms with Gasteiger partial charge >= 0.3 is 6.03 Å². The van der Waals surface area contributed by atoms with Gasteiger partial charge in [0, 0.05) is 0 Å². The molecule has 1 aromatic rings. The van der Waals surface area contributed by atoms with E-state index in [1.807, 2.05) is 30.3 Å². The first-order chi connectivity index (χ1) is 11.0. The van der Waals surface area contributed by atoms with Crippen LogP contribution in [0.5, 0.6) is 0 Å². The SMILES string of the molecule is O=C(NOCc1ccccc1)N[C@H]1C(O)O[C@H](CO)[C@@H](O)[C@@H]1O. The molecule has 1 saturated heterocycles. The minimum absolute atomic E-state index is 0.135. The molecule has 1 aromatic carbocycles. The lowest BCUT2D eigenvalue weighted by molar-refractivity contribution is -0.252. The van der Waals surface area contributed by atoms with Crippen molar-refractivity contribution in [3.8, 4) is 0 Å². The zero-order valence-electron chi connectivity index (χ0n) is 12.2. The molecule has 9 nitrogen and oxygen atoms in total. The average Bonchev–Trinajstić information content (AvgIpc) is 2.56. The first-order valence-corrected chi connectivity index (χ1v) is 7.05. The number of nitrogens with one attached hydrogen (secondary N) is 2. The van der Waals surface area contributed by atoms with Gasteiger partial charge in [0.25, 0.3) is 0 Å². The van der Waals surface area contributed by atoms with E-state index >= 15 is 0 Å². The zero-order valence-corrected chi connectivity index (χ0v) is 12.2. The number of ether oxygens (including phenoxy) is 1. The van der Waals surface area contributed by atoms with Crippen molar-refractivity contribution in [2.45, 2.75) is 37.3 Å². The Kier molecular flexibility index (Phi) is 6.28. The molecule has 0 aliphatic carbocycles. The van der Waals surface area contributed by atoms with E-state index in [0.717, 1.165) is 5.56 Å². The van der Waals surface area contributed by atoms with Gasteiger partial charge in [0.1, 0.15) is 24.4 Å². The van der Waals surface area contributed by atoms with Crippen LogP contribution in [0, 0.1) is 0 Å². The van der Waals surface area contributed by atoms with Crippen LogP contribution in [0.1, 0.15) is 5.56 Å². The Morgan fingerprint density at radius 2 is 1.87 bits per heavy atom. The Bertz CT molecular complexity index is 501. The molecule has 0 saturated carbocycles. The van der Waals surface area contributed by atoms with Gasteiger partial charge in [-0.1, -0.05) is 30.3 Å². The van der Waals surface area contributed by atoms with Crippen LogP contribution in [0.2, 0.25) is 0 Å². The van der Waals surface area contributed by atoms with Crippen LogP contribution >= 0.6 is 0 Å². The number of hydrogen-bond donors (Lipinski definition) is 6. The standard InChI is InChI=1S/C14H20N2O7/c17-6-9-11(18)12(19)10(13(20)23-9)15-14(21)16-22-7-8-4-2-1-3-5-8/h1-5,9-13,17-20H,6-7H2,(H2,15,16,21)/t9-,10-,11-,12-,13?/m1/s1. The molecule has 0 aromatic heterocycles. The van der Waals surface area contributed by atoms with E-state index in [-0.39, 0.29) is 6.61 Å². The molecule has 5 atom stereocenters. The Morgan fingerprint density at radius 1 is 1.17 bits per heavy atom. The van der Waals surface area contributed by atoms with Gasteiger partial charge in [0.2, 0.25) is 0 Å². The monoisotopic (exact) mass is 328 g/mol. The van der Waals surface area contributed by atoms with E-state index in [9.17, 15) is 20.1 Å². The van der Waals surface area contributed by atoms with Crippen LogP contribution in [0.4, 0.5) is 4.79 Å². The third kappa shape index (κ3) is 4.61. The normalized spacial score (nSPS) is 30.7. The summed E-state index contributed by atoms with van der Waals surface area (Å²) in [4.78, 5) is 16.7. The predicted octanol–water partition coefficient (Wildman–Crippen LogP) is -1.78. The van der Waals surface area contributed by atoms with Crippen LogP contribution in [0.15, 0.2) is 30.3 Å². The summed E-state index contributed by atoms with van der Waals surface area (Å²) in [5.74, 6) is 0. The molecule has 1 heterocycles. The smallest absolute Gasteiger partial charge is 0.339 e. The number of carbonyl (C=O) groups is 1. The van der Waals surface area contributed by atoms with Crippen molar-refractivity contribution in [3.05, 3.63) is 35.9 Å². The second-order valence-corrected chi connectivity index (χ2v) is 5.10. The summed E-state index contributed by atoms with van der Waals surface area (Å²) < 4.78 is 4.92. The third-order valence-corrected chi connectivity index (χ3v) is 3.44. The Hall–Kier alpha value is -1.75. The highest BCUT2D eigenvalue weighted by Crippen LogP contribution is 2.19. The highest BCUT2D eigenvalue weighted by atomic mass is 16.7. The fourth-order valence-electron chi connectivity index (χ4n) is 2.19. The van der Waals surface area contributed by atoms with Crippen LogP contribution in [0.25, 0.3) is 0 Å². The Labute approximate surface area is 132 Å². The van der Waals surface area contributed by atoms with Crippen molar-refractivity contribution in [1.82, 2.24) is 10.8 Å². The fourth-order valence-corrected chi connectivity index (χ4v) is 2.19. The number of rotatable bonds is 5. The molecule has 1 unspecified atom stereocenters.